The lowest BCUT2D eigenvalue weighted by Crippen LogP contribution is -2.45. The van der Waals surface area contributed by atoms with E-state index >= 15 is 0 Å². The summed E-state index contributed by atoms with van der Waals surface area (Å²) < 4.78 is 37.8. The van der Waals surface area contributed by atoms with E-state index in [0.29, 0.717) is 42.8 Å². The lowest BCUT2D eigenvalue weighted by atomic mass is 10.1. The maximum absolute atomic E-state index is 14.0. The van der Waals surface area contributed by atoms with E-state index in [2.05, 4.69) is 15.6 Å². The third kappa shape index (κ3) is 5.31. The molecule has 1 saturated heterocycles. The molecule has 30 heavy (non-hydrogen) atoms. The van der Waals surface area contributed by atoms with Crippen molar-refractivity contribution in [3.8, 4) is 11.5 Å². The minimum absolute atomic E-state index is 0.127. The van der Waals surface area contributed by atoms with Gasteiger partial charge in [0.05, 0.1) is 19.9 Å². The number of rotatable bonds is 7. The second kappa shape index (κ2) is 10.1. The van der Waals surface area contributed by atoms with Crippen LogP contribution in [-0.4, -0.2) is 52.9 Å². The normalized spacial score (nSPS) is 16.5. The van der Waals surface area contributed by atoms with Gasteiger partial charge in [-0.15, -0.1) is 0 Å². The van der Waals surface area contributed by atoms with Gasteiger partial charge in [-0.2, -0.15) is 0 Å². The average molecular weight is 418 g/mol. The number of anilines is 1. The summed E-state index contributed by atoms with van der Waals surface area (Å²) in [6.07, 6.45) is 1.63. The van der Waals surface area contributed by atoms with E-state index in [1.807, 2.05) is 23.1 Å². The topological polar surface area (TPSA) is 58.1 Å². The average Bonchev–Trinajstić information content (AvgIpc) is 3.20. The lowest BCUT2D eigenvalue weighted by molar-refractivity contribution is 0.354. The van der Waals surface area contributed by atoms with Crippen molar-refractivity contribution >= 4 is 11.6 Å². The number of aliphatic imine (C=N–C) groups is 1. The molecule has 1 aliphatic rings. The molecule has 162 valence electrons. The molecule has 0 radical (unpaired) electrons. The molecule has 2 N–H and O–H groups in total. The second-order valence-corrected chi connectivity index (χ2v) is 7.11. The SMILES string of the molecule is CN=C(NCCc1ccc(OC)c(OC)c1)NC1CCN(c2ccc(F)cc2F)C1. The molecule has 3 rings (SSSR count). The van der Waals surface area contributed by atoms with Gasteiger partial charge in [0.15, 0.2) is 17.5 Å². The Morgan fingerprint density at radius 2 is 1.93 bits per heavy atom. The molecule has 1 heterocycles. The standard InChI is InChI=1S/C22H28F2N4O2/c1-25-22(26-10-8-15-4-7-20(29-2)21(12-15)30-3)27-17-9-11-28(14-17)19-6-5-16(23)13-18(19)24/h4-7,12-13,17H,8-11,14H2,1-3H3,(H2,25,26,27). The Labute approximate surface area is 175 Å². The van der Waals surface area contributed by atoms with Crippen LogP contribution in [0.2, 0.25) is 0 Å². The highest BCUT2D eigenvalue weighted by molar-refractivity contribution is 5.80. The summed E-state index contributed by atoms with van der Waals surface area (Å²) in [5.74, 6) is 1.01. The first-order valence-electron chi connectivity index (χ1n) is 9.92. The molecule has 0 aromatic heterocycles. The molecule has 0 amide bonds. The zero-order chi connectivity index (χ0) is 21.5. The largest absolute Gasteiger partial charge is 0.493 e. The predicted octanol–water partition coefficient (Wildman–Crippen LogP) is 2.97. The molecule has 0 spiro atoms. The number of hydrogen-bond acceptors (Lipinski definition) is 4. The Balaban J connectivity index is 1.49. The van der Waals surface area contributed by atoms with Gasteiger partial charge in [0.1, 0.15) is 11.6 Å². The third-order valence-electron chi connectivity index (χ3n) is 5.16. The number of halogens is 2. The fourth-order valence-electron chi connectivity index (χ4n) is 3.58. The molecule has 1 fully saturated rings. The zero-order valence-corrected chi connectivity index (χ0v) is 17.5. The second-order valence-electron chi connectivity index (χ2n) is 7.11. The van der Waals surface area contributed by atoms with Crippen molar-refractivity contribution in [3.05, 3.63) is 53.6 Å². The van der Waals surface area contributed by atoms with Crippen LogP contribution < -0.4 is 25.0 Å². The maximum atomic E-state index is 14.0. The number of hydrogen-bond donors (Lipinski definition) is 2. The van der Waals surface area contributed by atoms with Crippen LogP contribution in [0.4, 0.5) is 14.5 Å². The smallest absolute Gasteiger partial charge is 0.191 e. The van der Waals surface area contributed by atoms with Gasteiger partial charge >= 0.3 is 0 Å². The van der Waals surface area contributed by atoms with E-state index in [1.54, 1.807) is 21.3 Å². The van der Waals surface area contributed by atoms with Crippen LogP contribution in [0.5, 0.6) is 11.5 Å². The van der Waals surface area contributed by atoms with Crippen LogP contribution in [0.25, 0.3) is 0 Å². The highest BCUT2D eigenvalue weighted by Gasteiger charge is 2.25. The van der Waals surface area contributed by atoms with E-state index in [9.17, 15) is 8.78 Å². The van der Waals surface area contributed by atoms with Gasteiger partial charge in [-0.05, 0) is 42.7 Å². The molecular weight excluding hydrogens is 390 g/mol. The number of benzene rings is 2. The summed E-state index contributed by atoms with van der Waals surface area (Å²) in [5, 5.41) is 6.69. The van der Waals surface area contributed by atoms with Crippen LogP contribution in [0.1, 0.15) is 12.0 Å². The van der Waals surface area contributed by atoms with Crippen LogP contribution in [0.3, 0.4) is 0 Å². The minimum atomic E-state index is -0.566. The highest BCUT2D eigenvalue weighted by Crippen LogP contribution is 2.27. The number of nitrogens with zero attached hydrogens (tertiary/aromatic N) is 2. The van der Waals surface area contributed by atoms with Crippen molar-refractivity contribution < 1.29 is 18.3 Å². The van der Waals surface area contributed by atoms with Crippen molar-refractivity contribution in [2.45, 2.75) is 18.9 Å². The molecule has 1 aliphatic heterocycles. The molecule has 2 aromatic rings. The van der Waals surface area contributed by atoms with Crippen molar-refractivity contribution in [1.29, 1.82) is 0 Å². The Morgan fingerprint density at radius 1 is 1.13 bits per heavy atom. The molecule has 0 bridgehead atoms. The summed E-state index contributed by atoms with van der Waals surface area (Å²) in [4.78, 5) is 6.20. The fraction of sp³-hybridized carbons (Fsp3) is 0.409. The van der Waals surface area contributed by atoms with Crippen molar-refractivity contribution in [1.82, 2.24) is 10.6 Å². The molecule has 0 aliphatic carbocycles. The van der Waals surface area contributed by atoms with E-state index in [1.165, 1.54) is 12.1 Å². The van der Waals surface area contributed by atoms with Crippen LogP contribution >= 0.6 is 0 Å². The van der Waals surface area contributed by atoms with Gasteiger partial charge in [-0.3, -0.25) is 4.99 Å². The quantitative estimate of drug-likeness (QED) is 0.535. The minimum Gasteiger partial charge on any atom is -0.493 e. The van der Waals surface area contributed by atoms with Gasteiger partial charge in [0.25, 0.3) is 0 Å². The highest BCUT2D eigenvalue weighted by atomic mass is 19.1. The number of nitrogens with one attached hydrogen (secondary N) is 2. The summed E-state index contributed by atoms with van der Waals surface area (Å²) in [6.45, 7) is 2.01. The summed E-state index contributed by atoms with van der Waals surface area (Å²) in [7, 11) is 4.95. The summed E-state index contributed by atoms with van der Waals surface area (Å²) in [6, 6.07) is 9.68. The molecule has 2 aromatic carbocycles. The molecule has 8 heteroatoms. The van der Waals surface area contributed by atoms with Gasteiger partial charge < -0.3 is 25.0 Å². The van der Waals surface area contributed by atoms with E-state index in [4.69, 9.17) is 9.47 Å². The first-order valence-corrected chi connectivity index (χ1v) is 9.92. The Bertz CT molecular complexity index is 891. The van der Waals surface area contributed by atoms with E-state index < -0.39 is 11.6 Å². The van der Waals surface area contributed by atoms with Crippen LogP contribution in [0.15, 0.2) is 41.4 Å². The van der Waals surface area contributed by atoms with Crippen molar-refractivity contribution in [3.63, 3.8) is 0 Å². The lowest BCUT2D eigenvalue weighted by Gasteiger charge is -2.21. The van der Waals surface area contributed by atoms with E-state index in [-0.39, 0.29) is 6.04 Å². The monoisotopic (exact) mass is 418 g/mol. The first-order chi connectivity index (χ1) is 14.5. The summed E-state index contributed by atoms with van der Waals surface area (Å²) >= 11 is 0. The Morgan fingerprint density at radius 3 is 2.63 bits per heavy atom. The summed E-state index contributed by atoms with van der Waals surface area (Å²) in [5.41, 5.74) is 1.55. The Hall–Kier alpha value is -3.03. The molecule has 6 nitrogen and oxygen atoms in total. The maximum Gasteiger partial charge on any atom is 0.191 e. The van der Waals surface area contributed by atoms with Crippen LogP contribution in [-0.2, 0) is 6.42 Å². The van der Waals surface area contributed by atoms with Gasteiger partial charge in [0.2, 0.25) is 0 Å². The zero-order valence-electron chi connectivity index (χ0n) is 17.5. The molecule has 1 atom stereocenters. The van der Waals surface area contributed by atoms with E-state index in [0.717, 1.165) is 24.5 Å². The van der Waals surface area contributed by atoms with Crippen molar-refractivity contribution in [2.24, 2.45) is 4.99 Å². The molecule has 1 unspecified atom stereocenters. The number of ether oxygens (including phenoxy) is 2. The fourth-order valence-corrected chi connectivity index (χ4v) is 3.58. The number of guanidine groups is 1. The van der Waals surface area contributed by atoms with Gasteiger partial charge in [0, 0.05) is 38.8 Å². The number of methoxy groups -OCH3 is 2. The first kappa shape index (κ1) is 21.7. The van der Waals surface area contributed by atoms with Gasteiger partial charge in [-0.1, -0.05) is 6.07 Å². The molecule has 0 saturated carbocycles. The molecular formula is C22H28F2N4O2. The predicted molar refractivity (Wildman–Crippen MR) is 115 cm³/mol. The Kier molecular flexibility index (Phi) is 7.32. The van der Waals surface area contributed by atoms with Gasteiger partial charge in [-0.25, -0.2) is 8.78 Å². The third-order valence-corrected chi connectivity index (χ3v) is 5.16. The van der Waals surface area contributed by atoms with Crippen molar-refractivity contribution in [2.75, 3.05) is 45.8 Å². The van der Waals surface area contributed by atoms with Crippen LogP contribution in [0, 0.1) is 11.6 Å².